The van der Waals surface area contributed by atoms with Crippen molar-refractivity contribution in [3.63, 3.8) is 0 Å². The maximum atomic E-state index is 12.7. The second kappa shape index (κ2) is 6.18. The predicted octanol–water partition coefficient (Wildman–Crippen LogP) is 5.74. The molecule has 0 spiro atoms. The summed E-state index contributed by atoms with van der Waals surface area (Å²) in [6.07, 6.45) is 3.52. The Labute approximate surface area is 163 Å². The van der Waals surface area contributed by atoms with E-state index in [4.69, 9.17) is 4.98 Å². The molecule has 0 N–H and O–H groups in total. The minimum atomic E-state index is 0.237. The number of Topliss-reactive ketones (excluding diaryl/α,β-unsaturated/α-hetero) is 1. The Morgan fingerprint density at radius 3 is 2.58 bits per heavy atom. The van der Waals surface area contributed by atoms with Crippen molar-refractivity contribution in [3.8, 4) is 11.3 Å². The van der Waals surface area contributed by atoms with Crippen molar-refractivity contribution in [1.29, 1.82) is 0 Å². The Balaban J connectivity index is 1.58. The molecule has 2 aromatic heterocycles. The van der Waals surface area contributed by atoms with Crippen LogP contribution in [0.4, 0.5) is 0 Å². The summed E-state index contributed by atoms with van der Waals surface area (Å²) in [5, 5.41) is 0. The van der Waals surface area contributed by atoms with E-state index in [0.29, 0.717) is 6.42 Å². The topological polar surface area (TPSA) is 34.4 Å². The van der Waals surface area contributed by atoms with E-state index < -0.39 is 0 Å². The Morgan fingerprint density at radius 2 is 1.81 bits per heavy atom. The molecule has 0 saturated carbocycles. The zero-order valence-electron chi connectivity index (χ0n) is 13.9. The summed E-state index contributed by atoms with van der Waals surface area (Å²) < 4.78 is 3.17. The molecule has 128 valence electrons. The van der Waals surface area contributed by atoms with E-state index in [1.165, 1.54) is 16.9 Å². The molecule has 5 heteroatoms. The number of nitrogens with zero attached hydrogens (tertiary/aromatic N) is 2. The van der Waals surface area contributed by atoms with Crippen LogP contribution in [-0.2, 0) is 6.42 Å². The highest BCUT2D eigenvalue weighted by molar-refractivity contribution is 9.10. The van der Waals surface area contributed by atoms with E-state index in [1.54, 1.807) is 0 Å². The first-order chi connectivity index (χ1) is 12.7. The molecular formula is C21H15BrN2OS. The Morgan fingerprint density at radius 1 is 1.04 bits per heavy atom. The highest BCUT2D eigenvalue weighted by Gasteiger charge is 2.30. The van der Waals surface area contributed by atoms with Gasteiger partial charge in [-0.1, -0.05) is 69.7 Å². The number of aromatic nitrogens is 2. The van der Waals surface area contributed by atoms with Crippen LogP contribution in [0.2, 0.25) is 0 Å². The van der Waals surface area contributed by atoms with Gasteiger partial charge in [-0.05, 0) is 30.0 Å². The van der Waals surface area contributed by atoms with Gasteiger partial charge in [-0.25, -0.2) is 4.98 Å². The summed E-state index contributed by atoms with van der Waals surface area (Å²) in [6, 6.07) is 18.5. The lowest BCUT2D eigenvalue weighted by atomic mass is 9.84. The van der Waals surface area contributed by atoms with Gasteiger partial charge in [0.25, 0.3) is 0 Å². The van der Waals surface area contributed by atoms with Gasteiger partial charge < -0.3 is 0 Å². The smallest absolute Gasteiger partial charge is 0.195 e. The number of benzene rings is 2. The van der Waals surface area contributed by atoms with E-state index in [1.807, 2.05) is 30.3 Å². The minimum absolute atomic E-state index is 0.237. The monoisotopic (exact) mass is 422 g/mol. The van der Waals surface area contributed by atoms with Crippen molar-refractivity contribution in [1.82, 2.24) is 9.38 Å². The van der Waals surface area contributed by atoms with Gasteiger partial charge in [-0.15, -0.1) is 0 Å². The number of imidazole rings is 1. The molecule has 3 nitrogen and oxygen atoms in total. The molecule has 0 saturated heterocycles. The van der Waals surface area contributed by atoms with Crippen LogP contribution in [0.1, 0.15) is 33.3 Å². The van der Waals surface area contributed by atoms with Gasteiger partial charge >= 0.3 is 0 Å². The van der Waals surface area contributed by atoms with E-state index in [2.05, 4.69) is 50.8 Å². The van der Waals surface area contributed by atoms with Crippen molar-refractivity contribution >= 4 is 38.0 Å². The summed E-state index contributed by atoms with van der Waals surface area (Å²) in [5.74, 6) is 0.480. The van der Waals surface area contributed by atoms with Crippen LogP contribution in [0.25, 0.3) is 16.2 Å². The lowest BCUT2D eigenvalue weighted by molar-refractivity contribution is 0.0967. The number of hydrogen-bond donors (Lipinski definition) is 0. The number of hydrogen-bond acceptors (Lipinski definition) is 3. The van der Waals surface area contributed by atoms with Gasteiger partial charge in [0.2, 0.25) is 0 Å². The summed E-state index contributed by atoms with van der Waals surface area (Å²) in [5.41, 5.74) is 4.37. The summed E-state index contributed by atoms with van der Waals surface area (Å²) in [7, 11) is 0. The summed E-state index contributed by atoms with van der Waals surface area (Å²) in [4.78, 5) is 19.2. The third-order valence-corrected chi connectivity index (χ3v) is 6.62. The number of halogens is 1. The normalized spacial score (nSPS) is 16.8. The maximum Gasteiger partial charge on any atom is 0.195 e. The van der Waals surface area contributed by atoms with Crippen molar-refractivity contribution in [2.24, 2.45) is 0 Å². The third kappa shape index (κ3) is 2.63. The number of thiazole rings is 1. The zero-order chi connectivity index (χ0) is 17.7. The molecule has 26 heavy (non-hydrogen) atoms. The van der Waals surface area contributed by atoms with Crippen LogP contribution in [0.5, 0.6) is 0 Å². The second-order valence-electron chi connectivity index (χ2n) is 6.60. The van der Waals surface area contributed by atoms with Gasteiger partial charge in [-0.2, -0.15) is 0 Å². The fourth-order valence-electron chi connectivity index (χ4n) is 3.64. The molecule has 2 heterocycles. The van der Waals surface area contributed by atoms with Crippen LogP contribution in [0.3, 0.4) is 0 Å². The standard InChI is InChI=1S/C21H15BrN2OS/c22-16-8-6-14(7-9-16)17-12-24-18-10-15(13-4-2-1-3-5-13)11-19(25)20(18)26-21(24)23-17/h1-9,12,15H,10-11H2. The lowest BCUT2D eigenvalue weighted by Crippen LogP contribution is -2.18. The Kier molecular flexibility index (Phi) is 3.80. The quantitative estimate of drug-likeness (QED) is 0.412. The molecule has 1 aliphatic carbocycles. The van der Waals surface area contributed by atoms with Gasteiger partial charge in [0.1, 0.15) is 0 Å². The van der Waals surface area contributed by atoms with Crippen LogP contribution in [0.15, 0.2) is 65.3 Å². The average molecular weight is 423 g/mol. The summed E-state index contributed by atoms with van der Waals surface area (Å²) in [6.45, 7) is 0. The van der Waals surface area contributed by atoms with E-state index in [-0.39, 0.29) is 11.7 Å². The van der Waals surface area contributed by atoms with Crippen molar-refractivity contribution in [2.75, 3.05) is 0 Å². The lowest BCUT2D eigenvalue weighted by Gasteiger charge is -2.21. The molecule has 1 unspecified atom stereocenters. The molecule has 5 rings (SSSR count). The fourth-order valence-corrected chi connectivity index (χ4v) is 4.99. The SMILES string of the molecule is O=C1CC(c2ccccc2)Cc2c1sc1nc(-c3ccc(Br)cc3)cn21. The molecule has 1 atom stereocenters. The highest BCUT2D eigenvalue weighted by atomic mass is 79.9. The fraction of sp³-hybridized carbons (Fsp3) is 0.143. The van der Waals surface area contributed by atoms with Crippen molar-refractivity contribution < 1.29 is 4.79 Å². The van der Waals surface area contributed by atoms with Crippen molar-refractivity contribution in [2.45, 2.75) is 18.8 Å². The molecule has 4 aromatic rings. The molecule has 0 fully saturated rings. The number of fused-ring (bicyclic) bond motifs is 3. The van der Waals surface area contributed by atoms with Crippen LogP contribution in [0, 0.1) is 0 Å². The van der Waals surface area contributed by atoms with E-state index in [0.717, 1.165) is 37.7 Å². The molecule has 1 aliphatic rings. The van der Waals surface area contributed by atoms with Crippen LogP contribution >= 0.6 is 27.3 Å². The number of carbonyl (C=O) groups is 1. The van der Waals surface area contributed by atoms with Crippen molar-refractivity contribution in [3.05, 3.63) is 81.4 Å². The van der Waals surface area contributed by atoms with Gasteiger partial charge in [0.05, 0.1) is 10.6 Å². The molecule has 2 aromatic carbocycles. The first-order valence-corrected chi connectivity index (χ1v) is 10.1. The van der Waals surface area contributed by atoms with Crippen LogP contribution < -0.4 is 0 Å². The maximum absolute atomic E-state index is 12.7. The van der Waals surface area contributed by atoms with Gasteiger partial charge in [0, 0.05) is 28.3 Å². The van der Waals surface area contributed by atoms with Crippen LogP contribution in [-0.4, -0.2) is 15.2 Å². The number of rotatable bonds is 2. The van der Waals surface area contributed by atoms with Gasteiger partial charge in [0.15, 0.2) is 10.7 Å². The number of ketones is 1. The first kappa shape index (κ1) is 16.0. The minimum Gasteiger partial charge on any atom is -0.293 e. The van der Waals surface area contributed by atoms with Gasteiger partial charge in [-0.3, -0.25) is 9.20 Å². The second-order valence-corrected chi connectivity index (χ2v) is 8.50. The van der Waals surface area contributed by atoms with E-state index in [9.17, 15) is 4.79 Å². The highest BCUT2D eigenvalue weighted by Crippen LogP contribution is 2.38. The third-order valence-electron chi connectivity index (χ3n) is 4.96. The Bertz CT molecular complexity index is 1110. The largest absolute Gasteiger partial charge is 0.293 e. The molecule has 0 bridgehead atoms. The molecular weight excluding hydrogens is 408 g/mol. The molecule has 0 aliphatic heterocycles. The molecule has 0 radical (unpaired) electrons. The predicted molar refractivity (Wildman–Crippen MR) is 108 cm³/mol. The van der Waals surface area contributed by atoms with E-state index >= 15 is 0 Å². The first-order valence-electron chi connectivity index (χ1n) is 8.54. The zero-order valence-corrected chi connectivity index (χ0v) is 16.3. The average Bonchev–Trinajstić information content (AvgIpc) is 3.22. The summed E-state index contributed by atoms with van der Waals surface area (Å²) >= 11 is 4.99. The Hall–Kier alpha value is -2.24. The number of carbonyl (C=O) groups excluding carboxylic acids is 1. The molecule has 0 amide bonds.